The number of urea groups is 1. The smallest absolute Gasteiger partial charge is 0.387 e. The molecule has 1 aromatic heterocycles. The number of halogens is 2. The van der Waals surface area contributed by atoms with Crippen LogP contribution >= 0.6 is 11.3 Å². The molecule has 0 bridgehead atoms. The number of nitrogens with one attached hydrogen (secondary N) is 1. The third-order valence-corrected chi connectivity index (χ3v) is 4.94. The first-order valence-corrected chi connectivity index (χ1v) is 8.45. The van der Waals surface area contributed by atoms with Crippen LogP contribution in [0.25, 0.3) is 0 Å². The highest BCUT2D eigenvalue weighted by Gasteiger charge is 2.49. The van der Waals surface area contributed by atoms with Crippen molar-refractivity contribution in [3.05, 3.63) is 52.2 Å². The van der Waals surface area contributed by atoms with Crippen molar-refractivity contribution in [3.63, 3.8) is 0 Å². The van der Waals surface area contributed by atoms with E-state index in [1.807, 2.05) is 0 Å². The summed E-state index contributed by atoms with van der Waals surface area (Å²) in [6, 6.07) is 8.04. The molecule has 1 aromatic carbocycles. The molecule has 1 fully saturated rings. The minimum absolute atomic E-state index is 0.0612. The standard InChI is InChI=1S/C17H14F2N2O4S/c1-17(10-4-6-11(7-5-10)25-15(18)19)14(23)21(16(24)20-17)9-12(22)13-3-2-8-26-13/h2-8,15H,9H2,1H3,(H,20,24)/t17-/m1/s1. The Morgan fingerprint density at radius 2 is 1.96 bits per heavy atom. The molecule has 3 amide bonds. The lowest BCUT2D eigenvalue weighted by molar-refractivity contribution is -0.130. The lowest BCUT2D eigenvalue weighted by Crippen LogP contribution is -2.41. The number of benzene rings is 1. The van der Waals surface area contributed by atoms with Crippen LogP contribution in [0, 0.1) is 0 Å². The van der Waals surface area contributed by atoms with Crippen molar-refractivity contribution in [2.75, 3.05) is 6.54 Å². The number of nitrogens with zero attached hydrogens (tertiary/aromatic N) is 1. The summed E-state index contributed by atoms with van der Waals surface area (Å²) in [7, 11) is 0. The number of carbonyl (C=O) groups is 3. The van der Waals surface area contributed by atoms with Crippen LogP contribution in [-0.4, -0.2) is 35.8 Å². The molecular weight excluding hydrogens is 366 g/mol. The fourth-order valence-corrected chi connectivity index (χ4v) is 3.32. The lowest BCUT2D eigenvalue weighted by atomic mass is 9.92. The van der Waals surface area contributed by atoms with Crippen molar-refractivity contribution >= 4 is 29.1 Å². The SMILES string of the molecule is C[C@]1(c2ccc(OC(F)F)cc2)NC(=O)N(CC(=O)c2cccs2)C1=O. The summed E-state index contributed by atoms with van der Waals surface area (Å²) in [6.45, 7) is -1.83. The molecule has 0 aliphatic carbocycles. The van der Waals surface area contributed by atoms with Crippen LogP contribution in [0.1, 0.15) is 22.2 Å². The van der Waals surface area contributed by atoms with Crippen LogP contribution in [0.15, 0.2) is 41.8 Å². The number of thiophene rings is 1. The molecule has 0 spiro atoms. The highest BCUT2D eigenvalue weighted by molar-refractivity contribution is 7.12. The maximum atomic E-state index is 12.7. The van der Waals surface area contributed by atoms with E-state index in [4.69, 9.17) is 0 Å². The fraction of sp³-hybridized carbons (Fsp3) is 0.235. The predicted octanol–water partition coefficient (Wildman–Crippen LogP) is 3.00. The zero-order chi connectivity index (χ0) is 18.9. The van der Waals surface area contributed by atoms with Crippen molar-refractivity contribution < 1.29 is 27.9 Å². The van der Waals surface area contributed by atoms with Crippen LogP contribution in [0.3, 0.4) is 0 Å². The Kier molecular flexibility index (Phi) is 4.73. The number of hydrogen-bond acceptors (Lipinski definition) is 5. The van der Waals surface area contributed by atoms with Gasteiger partial charge in [-0.05, 0) is 36.1 Å². The maximum absolute atomic E-state index is 12.7. The number of carbonyl (C=O) groups excluding carboxylic acids is 3. The molecule has 1 N–H and O–H groups in total. The molecule has 136 valence electrons. The Morgan fingerprint density at radius 3 is 2.54 bits per heavy atom. The van der Waals surface area contributed by atoms with E-state index in [1.54, 1.807) is 17.5 Å². The second-order valence-electron chi connectivity index (χ2n) is 5.75. The van der Waals surface area contributed by atoms with Gasteiger partial charge in [-0.3, -0.25) is 14.5 Å². The van der Waals surface area contributed by atoms with Crippen LogP contribution < -0.4 is 10.1 Å². The first-order chi connectivity index (χ1) is 12.3. The summed E-state index contributed by atoms with van der Waals surface area (Å²) in [4.78, 5) is 38.5. The average molecular weight is 380 g/mol. The maximum Gasteiger partial charge on any atom is 0.387 e. The van der Waals surface area contributed by atoms with Gasteiger partial charge in [-0.1, -0.05) is 18.2 Å². The van der Waals surface area contributed by atoms with Crippen LogP contribution in [0.5, 0.6) is 5.75 Å². The second-order valence-corrected chi connectivity index (χ2v) is 6.70. The molecule has 1 aliphatic rings. The number of rotatable bonds is 6. The number of amides is 3. The van der Waals surface area contributed by atoms with Gasteiger partial charge in [0.2, 0.25) is 0 Å². The summed E-state index contributed by atoms with van der Waals surface area (Å²) < 4.78 is 28.7. The van der Waals surface area contributed by atoms with E-state index < -0.39 is 24.1 Å². The number of alkyl halides is 2. The fourth-order valence-electron chi connectivity index (χ4n) is 2.66. The Bertz CT molecular complexity index is 839. The normalized spacial score (nSPS) is 19.8. The second kappa shape index (κ2) is 6.83. The summed E-state index contributed by atoms with van der Waals surface area (Å²) in [5, 5.41) is 4.29. The quantitative estimate of drug-likeness (QED) is 0.618. The summed E-state index contributed by atoms with van der Waals surface area (Å²) in [5.74, 6) is -0.989. The van der Waals surface area contributed by atoms with Crippen LogP contribution in [0.4, 0.5) is 13.6 Å². The van der Waals surface area contributed by atoms with Gasteiger partial charge in [0.1, 0.15) is 11.3 Å². The lowest BCUT2D eigenvalue weighted by Gasteiger charge is -2.22. The molecule has 3 rings (SSSR count). The Hall–Kier alpha value is -2.81. The van der Waals surface area contributed by atoms with Gasteiger partial charge in [0.25, 0.3) is 5.91 Å². The van der Waals surface area contributed by atoms with E-state index in [2.05, 4.69) is 10.1 Å². The Morgan fingerprint density at radius 1 is 1.27 bits per heavy atom. The van der Waals surface area contributed by atoms with Crippen molar-refractivity contribution in [1.29, 1.82) is 0 Å². The van der Waals surface area contributed by atoms with Crippen LogP contribution in [-0.2, 0) is 10.3 Å². The van der Waals surface area contributed by atoms with E-state index in [-0.39, 0.29) is 18.1 Å². The van der Waals surface area contributed by atoms with Gasteiger partial charge in [-0.2, -0.15) is 8.78 Å². The third-order valence-electron chi connectivity index (χ3n) is 4.03. The average Bonchev–Trinajstić information content (AvgIpc) is 3.19. The predicted molar refractivity (Wildman–Crippen MR) is 89.3 cm³/mol. The number of imide groups is 1. The third kappa shape index (κ3) is 3.30. The largest absolute Gasteiger partial charge is 0.435 e. The van der Waals surface area contributed by atoms with Gasteiger partial charge in [0.15, 0.2) is 5.78 Å². The minimum Gasteiger partial charge on any atom is -0.435 e. The van der Waals surface area contributed by atoms with Crippen molar-refractivity contribution in [2.24, 2.45) is 0 Å². The number of ketones is 1. The zero-order valence-electron chi connectivity index (χ0n) is 13.6. The first kappa shape index (κ1) is 18.0. The van der Waals surface area contributed by atoms with Gasteiger partial charge in [-0.15, -0.1) is 11.3 Å². The monoisotopic (exact) mass is 380 g/mol. The molecule has 2 heterocycles. The molecular formula is C17H14F2N2O4S. The molecule has 6 nitrogen and oxygen atoms in total. The molecule has 0 unspecified atom stereocenters. The molecule has 1 atom stereocenters. The highest BCUT2D eigenvalue weighted by atomic mass is 32.1. The van der Waals surface area contributed by atoms with Crippen molar-refractivity contribution in [3.8, 4) is 5.75 Å². The topological polar surface area (TPSA) is 75.7 Å². The Labute approximate surface area is 151 Å². The molecule has 0 saturated carbocycles. The van der Waals surface area contributed by atoms with Gasteiger partial charge >= 0.3 is 12.6 Å². The summed E-state index contributed by atoms with van der Waals surface area (Å²) in [5.41, 5.74) is -1.00. The van der Waals surface area contributed by atoms with E-state index in [1.165, 1.54) is 42.5 Å². The highest BCUT2D eigenvalue weighted by Crippen LogP contribution is 2.30. The first-order valence-electron chi connectivity index (χ1n) is 7.57. The van der Waals surface area contributed by atoms with Gasteiger partial charge in [-0.25, -0.2) is 4.79 Å². The Balaban J connectivity index is 1.79. The summed E-state index contributed by atoms with van der Waals surface area (Å²) in [6.07, 6.45) is 0. The molecule has 2 aromatic rings. The summed E-state index contributed by atoms with van der Waals surface area (Å²) >= 11 is 1.23. The van der Waals surface area contributed by atoms with E-state index >= 15 is 0 Å². The van der Waals surface area contributed by atoms with E-state index in [0.29, 0.717) is 10.4 Å². The van der Waals surface area contributed by atoms with Gasteiger partial charge in [0, 0.05) is 0 Å². The minimum atomic E-state index is -2.96. The van der Waals surface area contributed by atoms with Crippen molar-refractivity contribution in [2.45, 2.75) is 19.1 Å². The molecule has 1 saturated heterocycles. The van der Waals surface area contributed by atoms with E-state index in [0.717, 1.165) is 4.90 Å². The zero-order valence-corrected chi connectivity index (χ0v) is 14.4. The van der Waals surface area contributed by atoms with E-state index in [9.17, 15) is 23.2 Å². The van der Waals surface area contributed by atoms with Crippen molar-refractivity contribution in [1.82, 2.24) is 10.2 Å². The molecule has 0 radical (unpaired) electrons. The number of Topliss-reactive ketones (excluding diaryl/α,β-unsaturated/α-hetero) is 1. The number of ether oxygens (including phenoxy) is 1. The molecule has 26 heavy (non-hydrogen) atoms. The van der Waals surface area contributed by atoms with Gasteiger partial charge < -0.3 is 10.1 Å². The number of hydrogen-bond donors (Lipinski definition) is 1. The van der Waals surface area contributed by atoms with Crippen LogP contribution in [0.2, 0.25) is 0 Å². The van der Waals surface area contributed by atoms with Gasteiger partial charge in [0.05, 0.1) is 11.4 Å². The molecule has 9 heteroatoms. The molecule has 1 aliphatic heterocycles.